The molecule has 1 saturated carbocycles. The second kappa shape index (κ2) is 5.59. The summed E-state index contributed by atoms with van der Waals surface area (Å²) in [7, 11) is 0. The Morgan fingerprint density at radius 1 is 1.44 bits per heavy atom. The van der Waals surface area contributed by atoms with Crippen molar-refractivity contribution in [3.63, 3.8) is 0 Å². The molecule has 0 bridgehead atoms. The highest BCUT2D eigenvalue weighted by atomic mass is 16.3. The Balaban J connectivity index is 1.89. The van der Waals surface area contributed by atoms with Crippen LogP contribution in [0, 0.1) is 5.92 Å². The first-order valence-electron chi connectivity index (χ1n) is 6.64. The van der Waals surface area contributed by atoms with E-state index < -0.39 is 5.60 Å². The van der Waals surface area contributed by atoms with Crippen molar-refractivity contribution in [2.24, 2.45) is 11.0 Å². The molecular formula is C12H20N4O2. The van der Waals surface area contributed by atoms with E-state index in [9.17, 15) is 9.90 Å². The Morgan fingerprint density at radius 2 is 2.17 bits per heavy atom. The summed E-state index contributed by atoms with van der Waals surface area (Å²) in [5.41, 5.74) is 7.59. The van der Waals surface area contributed by atoms with Crippen molar-refractivity contribution in [3.8, 4) is 0 Å². The van der Waals surface area contributed by atoms with Gasteiger partial charge in [0.25, 0.3) is 0 Å². The molecule has 1 unspecified atom stereocenters. The molecule has 0 spiro atoms. The molecular weight excluding hydrogens is 232 g/mol. The van der Waals surface area contributed by atoms with Crippen LogP contribution in [0.4, 0.5) is 0 Å². The van der Waals surface area contributed by atoms with Crippen LogP contribution in [0.1, 0.15) is 38.5 Å². The summed E-state index contributed by atoms with van der Waals surface area (Å²) >= 11 is 0. The summed E-state index contributed by atoms with van der Waals surface area (Å²) in [6, 6.07) is 0. The minimum Gasteiger partial charge on any atom is -0.388 e. The maximum absolute atomic E-state index is 11.8. The van der Waals surface area contributed by atoms with Crippen molar-refractivity contribution in [2.45, 2.75) is 44.1 Å². The first-order chi connectivity index (χ1) is 8.63. The highest BCUT2D eigenvalue weighted by Crippen LogP contribution is 2.30. The van der Waals surface area contributed by atoms with Crippen LogP contribution in [0.3, 0.4) is 0 Å². The van der Waals surface area contributed by atoms with Gasteiger partial charge in [-0.2, -0.15) is 0 Å². The predicted octanol–water partition coefficient (Wildman–Crippen LogP) is 1.84. The van der Waals surface area contributed by atoms with E-state index in [4.69, 9.17) is 5.53 Å². The van der Waals surface area contributed by atoms with E-state index in [0.29, 0.717) is 26.1 Å². The lowest BCUT2D eigenvalue weighted by Crippen LogP contribution is -2.45. The number of aliphatic hydroxyl groups is 1. The second-order valence-corrected chi connectivity index (χ2v) is 5.54. The van der Waals surface area contributed by atoms with Crippen LogP contribution in [0.2, 0.25) is 0 Å². The summed E-state index contributed by atoms with van der Waals surface area (Å²) < 4.78 is 0. The molecule has 1 aliphatic heterocycles. The van der Waals surface area contributed by atoms with E-state index in [1.807, 2.05) is 0 Å². The van der Waals surface area contributed by atoms with Crippen molar-refractivity contribution in [1.29, 1.82) is 0 Å². The Morgan fingerprint density at radius 3 is 2.83 bits per heavy atom. The van der Waals surface area contributed by atoms with E-state index in [1.54, 1.807) is 4.90 Å². The minimum atomic E-state index is -0.693. The highest BCUT2D eigenvalue weighted by molar-refractivity contribution is 5.78. The van der Waals surface area contributed by atoms with Crippen LogP contribution < -0.4 is 0 Å². The SMILES string of the molecule is [N-]=[N+]=NCC1CC(=O)N(CC2(O)CCCCC2)C1. The van der Waals surface area contributed by atoms with Gasteiger partial charge in [0, 0.05) is 31.0 Å². The summed E-state index contributed by atoms with van der Waals surface area (Å²) in [6.45, 7) is 1.43. The molecule has 1 N–H and O–H groups in total. The molecule has 1 atom stereocenters. The lowest BCUT2D eigenvalue weighted by atomic mass is 9.84. The standard InChI is InChI=1S/C12H20N4O2/c13-15-14-7-10-6-11(17)16(8-10)9-12(18)4-2-1-3-5-12/h10,18H,1-9H2. The Labute approximate surface area is 107 Å². The quantitative estimate of drug-likeness (QED) is 0.470. The molecule has 100 valence electrons. The number of likely N-dealkylation sites (tertiary alicyclic amines) is 1. The summed E-state index contributed by atoms with van der Waals surface area (Å²) in [4.78, 5) is 16.3. The number of carbonyl (C=O) groups is 1. The molecule has 0 aromatic carbocycles. The van der Waals surface area contributed by atoms with Gasteiger partial charge in [-0.15, -0.1) is 0 Å². The summed E-state index contributed by atoms with van der Waals surface area (Å²) in [5.74, 6) is 0.188. The fourth-order valence-electron chi connectivity index (χ4n) is 3.00. The van der Waals surface area contributed by atoms with Crippen LogP contribution in [-0.2, 0) is 4.79 Å². The van der Waals surface area contributed by atoms with Gasteiger partial charge in [-0.1, -0.05) is 24.4 Å². The highest BCUT2D eigenvalue weighted by Gasteiger charge is 2.37. The lowest BCUT2D eigenvalue weighted by molar-refractivity contribution is -0.131. The van der Waals surface area contributed by atoms with Gasteiger partial charge in [0.1, 0.15) is 0 Å². The molecule has 18 heavy (non-hydrogen) atoms. The first-order valence-corrected chi connectivity index (χ1v) is 6.64. The molecule has 1 amide bonds. The van der Waals surface area contributed by atoms with Gasteiger partial charge in [-0.25, -0.2) is 0 Å². The van der Waals surface area contributed by atoms with E-state index in [0.717, 1.165) is 25.7 Å². The van der Waals surface area contributed by atoms with Gasteiger partial charge in [-0.05, 0) is 24.3 Å². The zero-order valence-electron chi connectivity index (χ0n) is 10.6. The van der Waals surface area contributed by atoms with E-state index in [-0.39, 0.29) is 11.8 Å². The third-order valence-corrected chi connectivity index (χ3v) is 3.97. The van der Waals surface area contributed by atoms with Crippen molar-refractivity contribution >= 4 is 5.91 Å². The number of rotatable bonds is 4. The molecule has 0 aromatic heterocycles. The van der Waals surface area contributed by atoms with E-state index >= 15 is 0 Å². The largest absolute Gasteiger partial charge is 0.388 e. The third kappa shape index (κ3) is 3.15. The van der Waals surface area contributed by atoms with Crippen molar-refractivity contribution in [3.05, 3.63) is 10.4 Å². The van der Waals surface area contributed by atoms with E-state index in [1.165, 1.54) is 6.42 Å². The number of hydrogen-bond acceptors (Lipinski definition) is 3. The molecule has 0 aromatic rings. The molecule has 6 nitrogen and oxygen atoms in total. The van der Waals surface area contributed by atoms with Crippen LogP contribution >= 0.6 is 0 Å². The number of β-amino-alcohol motifs (C(OH)–C–C–N with tert-alkyl or cyclic N) is 1. The van der Waals surface area contributed by atoms with Crippen LogP contribution in [0.25, 0.3) is 10.4 Å². The zero-order chi connectivity index (χ0) is 13.0. The maximum Gasteiger partial charge on any atom is 0.223 e. The molecule has 6 heteroatoms. The Bertz CT molecular complexity index is 359. The molecule has 2 fully saturated rings. The number of amides is 1. The monoisotopic (exact) mass is 252 g/mol. The fraction of sp³-hybridized carbons (Fsp3) is 0.917. The number of hydrogen-bond donors (Lipinski definition) is 1. The summed E-state index contributed by atoms with van der Waals surface area (Å²) in [6.07, 6.45) is 5.28. The number of azide groups is 1. The van der Waals surface area contributed by atoms with Gasteiger partial charge in [0.2, 0.25) is 5.91 Å². The van der Waals surface area contributed by atoms with Crippen LogP contribution in [-0.4, -0.2) is 41.1 Å². The molecule has 2 rings (SSSR count). The number of carbonyl (C=O) groups excluding carboxylic acids is 1. The Kier molecular flexibility index (Phi) is 4.09. The zero-order valence-corrected chi connectivity index (χ0v) is 10.6. The van der Waals surface area contributed by atoms with Crippen LogP contribution in [0.15, 0.2) is 5.11 Å². The van der Waals surface area contributed by atoms with Gasteiger partial charge >= 0.3 is 0 Å². The van der Waals surface area contributed by atoms with Crippen molar-refractivity contribution in [1.82, 2.24) is 4.90 Å². The van der Waals surface area contributed by atoms with E-state index in [2.05, 4.69) is 10.0 Å². The Hall–Kier alpha value is -1.26. The molecule has 0 radical (unpaired) electrons. The van der Waals surface area contributed by atoms with Gasteiger partial charge in [-0.3, -0.25) is 4.79 Å². The molecule has 1 aliphatic carbocycles. The van der Waals surface area contributed by atoms with Crippen LogP contribution in [0.5, 0.6) is 0 Å². The van der Waals surface area contributed by atoms with Gasteiger partial charge < -0.3 is 10.0 Å². The molecule has 1 saturated heterocycles. The summed E-state index contributed by atoms with van der Waals surface area (Å²) in [5, 5.41) is 14.0. The minimum absolute atomic E-state index is 0.0761. The molecule has 1 heterocycles. The fourth-order valence-corrected chi connectivity index (χ4v) is 3.00. The second-order valence-electron chi connectivity index (χ2n) is 5.54. The number of nitrogens with zero attached hydrogens (tertiary/aromatic N) is 4. The van der Waals surface area contributed by atoms with Crippen molar-refractivity contribution < 1.29 is 9.90 Å². The van der Waals surface area contributed by atoms with Crippen molar-refractivity contribution in [2.75, 3.05) is 19.6 Å². The normalized spacial score (nSPS) is 27.1. The smallest absolute Gasteiger partial charge is 0.223 e. The third-order valence-electron chi connectivity index (χ3n) is 3.97. The maximum atomic E-state index is 11.8. The average molecular weight is 252 g/mol. The lowest BCUT2D eigenvalue weighted by Gasteiger charge is -2.35. The topological polar surface area (TPSA) is 89.3 Å². The first kappa shape index (κ1) is 13.2. The molecule has 2 aliphatic rings. The van der Waals surface area contributed by atoms with Gasteiger partial charge in [0.15, 0.2) is 0 Å². The predicted molar refractivity (Wildman–Crippen MR) is 66.7 cm³/mol. The average Bonchev–Trinajstić information content (AvgIpc) is 2.68. The van der Waals surface area contributed by atoms with Gasteiger partial charge in [0.05, 0.1) is 5.60 Å².